The summed E-state index contributed by atoms with van der Waals surface area (Å²) in [7, 11) is 0. The smallest absolute Gasteiger partial charge is 0.344 e. The van der Waals surface area contributed by atoms with Gasteiger partial charge < -0.3 is 10.2 Å². The Morgan fingerprint density at radius 2 is 2.20 bits per heavy atom. The molecule has 1 aliphatic rings. The Kier molecular flexibility index (Phi) is 3.21. The van der Waals surface area contributed by atoms with E-state index in [1.807, 2.05) is 0 Å². The second kappa shape index (κ2) is 4.08. The van der Waals surface area contributed by atoms with E-state index in [2.05, 4.69) is 5.32 Å². The lowest BCUT2D eigenvalue weighted by atomic mass is 10.2. The summed E-state index contributed by atoms with van der Waals surface area (Å²) in [5.74, 6) is -1.08. The summed E-state index contributed by atoms with van der Waals surface area (Å²) in [6.07, 6.45) is -4.16. The number of amides is 2. The summed E-state index contributed by atoms with van der Waals surface area (Å²) in [6.45, 7) is 0.00487. The monoisotopic (exact) mass is 224 g/mol. The van der Waals surface area contributed by atoms with Crippen LogP contribution in [0.15, 0.2) is 0 Å². The molecule has 1 saturated heterocycles. The fourth-order valence-electron chi connectivity index (χ4n) is 1.49. The molecule has 4 nitrogen and oxygen atoms in total. The SMILES string of the molecule is CC(=O)NC1CCN(CC(F)(F)F)C1=O. The molecule has 0 aromatic heterocycles. The molecule has 1 rings (SSSR count). The molecule has 1 heterocycles. The van der Waals surface area contributed by atoms with Crippen LogP contribution in [0.25, 0.3) is 0 Å². The molecule has 0 saturated carbocycles. The molecule has 1 atom stereocenters. The predicted molar refractivity (Wildman–Crippen MR) is 44.9 cm³/mol. The van der Waals surface area contributed by atoms with Crippen molar-refractivity contribution in [1.29, 1.82) is 0 Å². The molecule has 0 bridgehead atoms. The minimum Gasteiger partial charge on any atom is -0.344 e. The number of hydrogen-bond acceptors (Lipinski definition) is 2. The highest BCUT2D eigenvalue weighted by atomic mass is 19.4. The molecule has 0 aromatic carbocycles. The van der Waals surface area contributed by atoms with Gasteiger partial charge in [0.05, 0.1) is 0 Å². The van der Waals surface area contributed by atoms with Crippen LogP contribution in [0.2, 0.25) is 0 Å². The normalized spacial score (nSPS) is 22.0. The molecule has 1 unspecified atom stereocenters. The zero-order valence-electron chi connectivity index (χ0n) is 8.10. The molecule has 2 amide bonds. The van der Waals surface area contributed by atoms with Crippen molar-refractivity contribution in [2.75, 3.05) is 13.1 Å². The van der Waals surface area contributed by atoms with Crippen LogP contribution >= 0.6 is 0 Å². The van der Waals surface area contributed by atoms with Gasteiger partial charge in [-0.05, 0) is 6.42 Å². The van der Waals surface area contributed by atoms with Gasteiger partial charge >= 0.3 is 6.18 Å². The van der Waals surface area contributed by atoms with Crippen LogP contribution in [0.5, 0.6) is 0 Å². The number of nitrogens with zero attached hydrogens (tertiary/aromatic N) is 1. The molecule has 0 spiro atoms. The third-order valence-corrected chi connectivity index (χ3v) is 2.05. The van der Waals surface area contributed by atoms with Crippen molar-refractivity contribution in [2.24, 2.45) is 0 Å². The highest BCUT2D eigenvalue weighted by Gasteiger charge is 2.39. The van der Waals surface area contributed by atoms with E-state index in [0.29, 0.717) is 4.90 Å². The summed E-state index contributed by atoms with van der Waals surface area (Å²) in [4.78, 5) is 22.7. The van der Waals surface area contributed by atoms with Gasteiger partial charge in [0.1, 0.15) is 12.6 Å². The van der Waals surface area contributed by atoms with Crippen molar-refractivity contribution < 1.29 is 22.8 Å². The first-order chi connectivity index (χ1) is 6.79. The van der Waals surface area contributed by atoms with Crippen LogP contribution in [0.3, 0.4) is 0 Å². The van der Waals surface area contributed by atoms with E-state index >= 15 is 0 Å². The molecule has 1 aliphatic heterocycles. The Labute approximate surface area is 84.4 Å². The molecule has 86 valence electrons. The van der Waals surface area contributed by atoms with Gasteiger partial charge in [0.2, 0.25) is 11.8 Å². The van der Waals surface area contributed by atoms with Crippen molar-refractivity contribution in [1.82, 2.24) is 10.2 Å². The van der Waals surface area contributed by atoms with E-state index in [9.17, 15) is 22.8 Å². The number of carbonyl (C=O) groups is 2. The zero-order chi connectivity index (χ0) is 11.6. The first-order valence-corrected chi connectivity index (χ1v) is 4.42. The van der Waals surface area contributed by atoms with Crippen LogP contribution in [0.1, 0.15) is 13.3 Å². The largest absolute Gasteiger partial charge is 0.406 e. The molecule has 7 heteroatoms. The van der Waals surface area contributed by atoms with Crippen LogP contribution < -0.4 is 5.32 Å². The first-order valence-electron chi connectivity index (χ1n) is 4.42. The number of likely N-dealkylation sites (tertiary alicyclic amines) is 1. The van der Waals surface area contributed by atoms with Crippen molar-refractivity contribution in [3.05, 3.63) is 0 Å². The summed E-state index contributed by atoms with van der Waals surface area (Å²) in [5.41, 5.74) is 0. The number of nitrogens with one attached hydrogen (secondary N) is 1. The molecular weight excluding hydrogens is 213 g/mol. The lowest BCUT2D eigenvalue weighted by Crippen LogP contribution is -2.43. The standard InChI is InChI=1S/C8H11F3N2O2/c1-5(14)12-6-2-3-13(7(6)15)4-8(9,10)11/h6H,2-4H2,1H3,(H,12,14). The summed E-state index contributed by atoms with van der Waals surface area (Å²) in [5, 5.41) is 2.31. The highest BCUT2D eigenvalue weighted by Crippen LogP contribution is 2.20. The maximum absolute atomic E-state index is 12.0. The van der Waals surface area contributed by atoms with Gasteiger partial charge in [0.25, 0.3) is 0 Å². The Hall–Kier alpha value is -1.27. The summed E-state index contributed by atoms with van der Waals surface area (Å²) < 4.78 is 36.0. The van der Waals surface area contributed by atoms with E-state index in [-0.39, 0.29) is 13.0 Å². The van der Waals surface area contributed by atoms with Gasteiger partial charge in [-0.2, -0.15) is 13.2 Å². The highest BCUT2D eigenvalue weighted by molar-refractivity contribution is 5.88. The van der Waals surface area contributed by atoms with Crippen LogP contribution in [-0.4, -0.2) is 42.0 Å². The number of rotatable bonds is 2. The van der Waals surface area contributed by atoms with E-state index in [1.54, 1.807) is 0 Å². The number of alkyl halides is 3. The fourth-order valence-corrected chi connectivity index (χ4v) is 1.49. The van der Waals surface area contributed by atoms with Gasteiger partial charge in [-0.15, -0.1) is 0 Å². The lowest BCUT2D eigenvalue weighted by Gasteiger charge is -2.18. The van der Waals surface area contributed by atoms with Crippen LogP contribution in [-0.2, 0) is 9.59 Å². The molecule has 0 aliphatic carbocycles. The molecule has 15 heavy (non-hydrogen) atoms. The Bertz CT molecular complexity index is 278. The quantitative estimate of drug-likeness (QED) is 0.732. The van der Waals surface area contributed by atoms with E-state index in [0.717, 1.165) is 0 Å². The Morgan fingerprint density at radius 3 is 2.67 bits per heavy atom. The Morgan fingerprint density at radius 1 is 1.60 bits per heavy atom. The third-order valence-electron chi connectivity index (χ3n) is 2.05. The fraction of sp³-hybridized carbons (Fsp3) is 0.750. The van der Waals surface area contributed by atoms with Gasteiger partial charge in [-0.1, -0.05) is 0 Å². The summed E-state index contributed by atoms with van der Waals surface area (Å²) in [6, 6.07) is -0.801. The minimum absolute atomic E-state index is 0.0310. The van der Waals surface area contributed by atoms with E-state index in [1.165, 1.54) is 6.92 Å². The first kappa shape index (κ1) is 11.8. The number of hydrogen-bond donors (Lipinski definition) is 1. The molecule has 0 radical (unpaired) electrons. The lowest BCUT2D eigenvalue weighted by molar-refractivity contribution is -0.158. The van der Waals surface area contributed by atoms with Crippen molar-refractivity contribution >= 4 is 11.8 Å². The maximum Gasteiger partial charge on any atom is 0.406 e. The van der Waals surface area contributed by atoms with E-state index in [4.69, 9.17) is 0 Å². The average molecular weight is 224 g/mol. The minimum atomic E-state index is -4.39. The van der Waals surface area contributed by atoms with Crippen molar-refractivity contribution in [3.63, 3.8) is 0 Å². The van der Waals surface area contributed by atoms with Gasteiger partial charge in [0, 0.05) is 13.5 Å². The zero-order valence-corrected chi connectivity index (χ0v) is 8.10. The summed E-state index contributed by atoms with van der Waals surface area (Å²) >= 11 is 0. The van der Waals surface area contributed by atoms with Gasteiger partial charge in [-0.25, -0.2) is 0 Å². The predicted octanol–water partition coefficient (Wildman–Crippen LogP) is 0.286. The third kappa shape index (κ3) is 3.41. The van der Waals surface area contributed by atoms with E-state index < -0.39 is 30.6 Å². The molecule has 1 fully saturated rings. The number of halogens is 3. The van der Waals surface area contributed by atoms with Gasteiger partial charge in [0.15, 0.2) is 0 Å². The number of carbonyl (C=O) groups excluding carboxylic acids is 2. The van der Waals surface area contributed by atoms with Gasteiger partial charge in [-0.3, -0.25) is 9.59 Å². The van der Waals surface area contributed by atoms with Crippen LogP contribution in [0.4, 0.5) is 13.2 Å². The average Bonchev–Trinajstić information content (AvgIpc) is 2.32. The van der Waals surface area contributed by atoms with Crippen molar-refractivity contribution in [3.8, 4) is 0 Å². The second-order valence-electron chi connectivity index (χ2n) is 3.42. The molecule has 1 N–H and O–H groups in total. The molecule has 0 aromatic rings. The maximum atomic E-state index is 12.0. The second-order valence-corrected chi connectivity index (χ2v) is 3.42. The Balaban J connectivity index is 2.53. The van der Waals surface area contributed by atoms with Crippen molar-refractivity contribution in [2.45, 2.75) is 25.6 Å². The topological polar surface area (TPSA) is 49.4 Å². The van der Waals surface area contributed by atoms with Crippen LogP contribution in [0, 0.1) is 0 Å². The molecular formula is C8H11F3N2O2.